The van der Waals surface area contributed by atoms with E-state index in [2.05, 4.69) is 20.8 Å². The average Bonchev–Trinajstić information content (AvgIpc) is 3.27. The van der Waals surface area contributed by atoms with Crippen molar-refractivity contribution in [2.24, 2.45) is 0 Å². The second kappa shape index (κ2) is 8.20. The SMILES string of the molecule is Cc1cc(-c2cc(C(=O)Nc3ccc(C(=O)NC(C)(C)C)cc3)c3c(C)noc3n2)c(C)o1. The summed E-state index contributed by atoms with van der Waals surface area (Å²) in [7, 11) is 0. The van der Waals surface area contributed by atoms with Gasteiger partial charge in [0.25, 0.3) is 17.5 Å². The summed E-state index contributed by atoms with van der Waals surface area (Å²) in [6.07, 6.45) is 0. The summed E-state index contributed by atoms with van der Waals surface area (Å²) in [5, 5.41) is 10.3. The molecule has 0 radical (unpaired) electrons. The number of amides is 2. The molecule has 3 heterocycles. The first-order chi connectivity index (χ1) is 15.5. The van der Waals surface area contributed by atoms with Crippen LogP contribution in [0.15, 0.2) is 45.3 Å². The minimum atomic E-state index is -0.337. The van der Waals surface area contributed by atoms with Gasteiger partial charge in [0.1, 0.15) is 11.5 Å². The molecule has 3 aromatic heterocycles. The molecule has 8 nitrogen and oxygen atoms in total. The lowest BCUT2D eigenvalue weighted by atomic mass is 10.0. The van der Waals surface area contributed by atoms with Gasteiger partial charge in [-0.1, -0.05) is 5.16 Å². The average molecular weight is 447 g/mol. The van der Waals surface area contributed by atoms with Crippen LogP contribution in [0.5, 0.6) is 0 Å². The van der Waals surface area contributed by atoms with Gasteiger partial charge in [0.05, 0.1) is 22.3 Å². The topological polar surface area (TPSA) is 110 Å². The maximum absolute atomic E-state index is 13.2. The van der Waals surface area contributed by atoms with Gasteiger partial charge in [-0.05, 0) is 77.9 Å². The highest BCUT2D eigenvalue weighted by atomic mass is 16.5. The number of aromatic nitrogens is 2. The Morgan fingerprint density at radius 1 is 0.970 bits per heavy atom. The van der Waals surface area contributed by atoms with Crippen molar-refractivity contribution in [3.05, 3.63) is 64.7 Å². The molecule has 0 unspecified atom stereocenters. The molecule has 33 heavy (non-hydrogen) atoms. The Labute approximate surface area is 191 Å². The van der Waals surface area contributed by atoms with E-state index >= 15 is 0 Å². The van der Waals surface area contributed by atoms with Crippen LogP contribution >= 0.6 is 0 Å². The lowest BCUT2D eigenvalue weighted by Gasteiger charge is -2.20. The van der Waals surface area contributed by atoms with Gasteiger partial charge < -0.3 is 19.6 Å². The van der Waals surface area contributed by atoms with Crippen molar-refractivity contribution in [2.45, 2.75) is 47.1 Å². The first kappa shape index (κ1) is 22.3. The standard InChI is InChI=1S/C25H26N4O4/c1-13-11-18(15(3)32-13)20-12-19(21-14(2)29-33-24(21)27-20)23(31)26-17-9-7-16(8-10-17)22(30)28-25(4,5)6/h7-12H,1-6H3,(H,26,31)(H,28,30). The molecule has 0 spiro atoms. The molecule has 0 saturated heterocycles. The van der Waals surface area contributed by atoms with Crippen LogP contribution in [0.25, 0.3) is 22.4 Å². The third-order valence-corrected chi connectivity index (χ3v) is 5.07. The fourth-order valence-corrected chi connectivity index (χ4v) is 3.61. The van der Waals surface area contributed by atoms with E-state index in [1.165, 1.54) is 0 Å². The maximum atomic E-state index is 13.2. The number of hydrogen-bond donors (Lipinski definition) is 2. The van der Waals surface area contributed by atoms with Crippen LogP contribution in [0, 0.1) is 20.8 Å². The normalized spacial score (nSPS) is 11.6. The summed E-state index contributed by atoms with van der Waals surface area (Å²) in [6.45, 7) is 11.2. The van der Waals surface area contributed by atoms with Gasteiger partial charge in [-0.2, -0.15) is 0 Å². The molecule has 0 aliphatic heterocycles. The van der Waals surface area contributed by atoms with Crippen molar-refractivity contribution in [1.29, 1.82) is 0 Å². The largest absolute Gasteiger partial charge is 0.466 e. The quantitative estimate of drug-likeness (QED) is 0.446. The molecule has 0 aliphatic rings. The first-order valence-corrected chi connectivity index (χ1v) is 10.6. The number of nitrogens with zero attached hydrogens (tertiary/aromatic N) is 2. The molecule has 4 rings (SSSR count). The second-order valence-electron chi connectivity index (χ2n) is 9.07. The van der Waals surface area contributed by atoms with Crippen molar-refractivity contribution >= 4 is 28.6 Å². The number of fused-ring (bicyclic) bond motifs is 1. The number of nitrogens with one attached hydrogen (secondary N) is 2. The summed E-state index contributed by atoms with van der Waals surface area (Å²) in [5.41, 5.74) is 3.32. The third kappa shape index (κ3) is 4.64. The molecule has 170 valence electrons. The van der Waals surface area contributed by atoms with Crippen LogP contribution in [0.1, 0.15) is 58.7 Å². The molecular weight excluding hydrogens is 420 g/mol. The van der Waals surface area contributed by atoms with E-state index in [-0.39, 0.29) is 23.1 Å². The number of carbonyl (C=O) groups is 2. The number of aryl methyl sites for hydroxylation is 3. The maximum Gasteiger partial charge on any atom is 0.259 e. The number of rotatable bonds is 4. The summed E-state index contributed by atoms with van der Waals surface area (Å²) < 4.78 is 11.0. The Kier molecular flexibility index (Phi) is 5.53. The summed E-state index contributed by atoms with van der Waals surface area (Å²) in [6, 6.07) is 10.3. The molecule has 0 atom stereocenters. The number of anilines is 1. The van der Waals surface area contributed by atoms with E-state index < -0.39 is 0 Å². The number of benzene rings is 1. The van der Waals surface area contributed by atoms with Gasteiger partial charge in [-0.3, -0.25) is 9.59 Å². The Bertz CT molecular complexity index is 1360. The molecule has 0 fully saturated rings. The minimum absolute atomic E-state index is 0.174. The van der Waals surface area contributed by atoms with Crippen LogP contribution < -0.4 is 10.6 Å². The molecule has 4 aromatic rings. The van der Waals surface area contributed by atoms with Crippen molar-refractivity contribution in [3.8, 4) is 11.3 Å². The van der Waals surface area contributed by atoms with E-state index in [1.807, 2.05) is 40.7 Å². The highest BCUT2D eigenvalue weighted by molar-refractivity contribution is 6.13. The molecule has 2 amide bonds. The molecule has 2 N–H and O–H groups in total. The number of carbonyl (C=O) groups excluding carboxylic acids is 2. The monoisotopic (exact) mass is 446 g/mol. The predicted molar refractivity (Wildman–Crippen MR) is 125 cm³/mol. The van der Waals surface area contributed by atoms with E-state index in [0.29, 0.717) is 39.3 Å². The molecule has 8 heteroatoms. The summed E-state index contributed by atoms with van der Waals surface area (Å²) in [4.78, 5) is 30.1. The lowest BCUT2D eigenvalue weighted by Crippen LogP contribution is -2.40. The van der Waals surface area contributed by atoms with E-state index in [0.717, 1.165) is 11.3 Å². The molecule has 0 saturated carbocycles. The first-order valence-electron chi connectivity index (χ1n) is 10.6. The number of furan rings is 1. The van der Waals surface area contributed by atoms with Gasteiger partial charge >= 0.3 is 0 Å². The minimum Gasteiger partial charge on any atom is -0.466 e. The van der Waals surface area contributed by atoms with E-state index in [1.54, 1.807) is 37.3 Å². The number of hydrogen-bond acceptors (Lipinski definition) is 6. The van der Waals surface area contributed by atoms with Crippen LogP contribution in [0.2, 0.25) is 0 Å². The van der Waals surface area contributed by atoms with Crippen LogP contribution in [-0.4, -0.2) is 27.5 Å². The zero-order valence-corrected chi connectivity index (χ0v) is 19.5. The van der Waals surface area contributed by atoms with Gasteiger partial charge in [0.2, 0.25) is 0 Å². The van der Waals surface area contributed by atoms with Crippen LogP contribution in [0.3, 0.4) is 0 Å². The van der Waals surface area contributed by atoms with Crippen LogP contribution in [-0.2, 0) is 0 Å². The van der Waals surface area contributed by atoms with Gasteiger partial charge in [-0.25, -0.2) is 4.98 Å². The second-order valence-corrected chi connectivity index (χ2v) is 9.07. The highest BCUT2D eigenvalue weighted by Crippen LogP contribution is 2.31. The van der Waals surface area contributed by atoms with E-state index in [4.69, 9.17) is 8.94 Å². The molecule has 0 bridgehead atoms. The van der Waals surface area contributed by atoms with Crippen molar-refractivity contribution in [2.75, 3.05) is 5.32 Å². The summed E-state index contributed by atoms with van der Waals surface area (Å²) >= 11 is 0. The highest BCUT2D eigenvalue weighted by Gasteiger charge is 2.21. The van der Waals surface area contributed by atoms with E-state index in [9.17, 15) is 9.59 Å². The van der Waals surface area contributed by atoms with Crippen LogP contribution in [0.4, 0.5) is 5.69 Å². The van der Waals surface area contributed by atoms with Crippen molar-refractivity contribution in [1.82, 2.24) is 15.5 Å². The molecule has 1 aromatic carbocycles. The summed E-state index contributed by atoms with van der Waals surface area (Å²) in [5.74, 6) is 0.942. The Balaban J connectivity index is 1.65. The van der Waals surface area contributed by atoms with Crippen molar-refractivity contribution < 1.29 is 18.5 Å². The Morgan fingerprint density at radius 2 is 1.67 bits per heavy atom. The van der Waals surface area contributed by atoms with Gasteiger partial charge in [0.15, 0.2) is 0 Å². The molecule has 0 aliphatic carbocycles. The predicted octanol–water partition coefficient (Wildman–Crippen LogP) is 5.19. The zero-order valence-electron chi connectivity index (χ0n) is 19.5. The lowest BCUT2D eigenvalue weighted by molar-refractivity contribution is 0.0919. The molecular formula is C25H26N4O4. The fraction of sp³-hybridized carbons (Fsp3) is 0.280. The Morgan fingerprint density at radius 3 is 2.27 bits per heavy atom. The zero-order chi connectivity index (χ0) is 23.9. The third-order valence-electron chi connectivity index (χ3n) is 5.07. The van der Waals surface area contributed by atoms with Gasteiger partial charge in [0, 0.05) is 22.4 Å². The van der Waals surface area contributed by atoms with Crippen molar-refractivity contribution in [3.63, 3.8) is 0 Å². The van der Waals surface area contributed by atoms with Gasteiger partial charge in [-0.15, -0.1) is 0 Å². The fourth-order valence-electron chi connectivity index (χ4n) is 3.61. The number of pyridine rings is 1. The Hall–Kier alpha value is -3.94. The smallest absolute Gasteiger partial charge is 0.259 e.